The fourth-order valence-corrected chi connectivity index (χ4v) is 4.72. The number of aliphatic hydroxyl groups is 1. The van der Waals surface area contributed by atoms with Crippen LogP contribution in [0, 0.1) is 6.92 Å². The predicted octanol–water partition coefficient (Wildman–Crippen LogP) is 1.51. The van der Waals surface area contributed by atoms with Gasteiger partial charge in [-0.3, -0.25) is 19.2 Å². The number of benzene rings is 2. The number of methoxy groups -OCH3 is 1. The summed E-state index contributed by atoms with van der Waals surface area (Å²) >= 11 is 0. The van der Waals surface area contributed by atoms with Gasteiger partial charge in [-0.05, 0) is 74.9 Å². The summed E-state index contributed by atoms with van der Waals surface area (Å²) in [6.07, 6.45) is 0.691. The smallest absolute Gasteiger partial charge is 0.252 e. The van der Waals surface area contributed by atoms with E-state index < -0.39 is 30.0 Å². The normalized spacial score (nSPS) is 20.0. The topological polar surface area (TPSA) is 137 Å². The SMILES string of the molecule is COc1ccccc1CCC(=O)N1CC(=O)NCCCc2cc(ccc2C)C(=O)N[C@@H]([C@@H](C)O)C(=O)N[C@H](C)C1. The van der Waals surface area contributed by atoms with E-state index in [9.17, 15) is 24.3 Å². The molecule has 4 amide bonds. The zero-order valence-corrected chi connectivity index (χ0v) is 23.7. The number of carbonyl (C=O) groups excluding carboxylic acids is 4. The highest BCUT2D eigenvalue weighted by atomic mass is 16.5. The van der Waals surface area contributed by atoms with Gasteiger partial charge in [-0.25, -0.2) is 0 Å². The lowest BCUT2D eigenvalue weighted by atomic mass is 10.00. The molecular weight excluding hydrogens is 512 g/mol. The summed E-state index contributed by atoms with van der Waals surface area (Å²) in [6, 6.07) is 11.0. The third-order valence-corrected chi connectivity index (χ3v) is 6.98. The molecule has 0 aromatic heterocycles. The van der Waals surface area contributed by atoms with Crippen LogP contribution in [-0.4, -0.2) is 78.6 Å². The van der Waals surface area contributed by atoms with Crippen molar-refractivity contribution in [1.29, 1.82) is 0 Å². The number of amides is 4. The van der Waals surface area contributed by atoms with Gasteiger partial charge in [0.25, 0.3) is 5.91 Å². The molecule has 4 N–H and O–H groups in total. The van der Waals surface area contributed by atoms with Crippen LogP contribution in [0.1, 0.15) is 53.7 Å². The molecule has 2 bridgehead atoms. The number of para-hydroxylation sites is 1. The van der Waals surface area contributed by atoms with E-state index in [4.69, 9.17) is 4.74 Å². The van der Waals surface area contributed by atoms with Crippen LogP contribution in [0.25, 0.3) is 0 Å². The molecule has 1 heterocycles. The van der Waals surface area contributed by atoms with Gasteiger partial charge in [0, 0.05) is 31.1 Å². The highest BCUT2D eigenvalue weighted by molar-refractivity contribution is 5.98. The number of aliphatic hydroxyl groups excluding tert-OH is 1. The van der Waals surface area contributed by atoms with Gasteiger partial charge in [-0.1, -0.05) is 24.3 Å². The minimum absolute atomic E-state index is 0.0738. The number of hydrogen-bond acceptors (Lipinski definition) is 6. The van der Waals surface area contributed by atoms with Crippen LogP contribution in [0.2, 0.25) is 0 Å². The van der Waals surface area contributed by atoms with E-state index in [-0.39, 0.29) is 31.3 Å². The van der Waals surface area contributed by atoms with Gasteiger partial charge >= 0.3 is 0 Å². The lowest BCUT2D eigenvalue weighted by Gasteiger charge is -2.28. The second-order valence-electron chi connectivity index (χ2n) is 10.3. The Morgan fingerprint density at radius 2 is 1.90 bits per heavy atom. The summed E-state index contributed by atoms with van der Waals surface area (Å²) < 4.78 is 5.38. The van der Waals surface area contributed by atoms with Crippen molar-refractivity contribution in [2.24, 2.45) is 0 Å². The van der Waals surface area contributed by atoms with E-state index in [1.54, 1.807) is 26.2 Å². The minimum Gasteiger partial charge on any atom is -0.496 e. The fraction of sp³-hybridized carbons (Fsp3) is 0.467. The largest absolute Gasteiger partial charge is 0.496 e. The van der Waals surface area contributed by atoms with Crippen LogP contribution in [0.5, 0.6) is 5.75 Å². The average Bonchev–Trinajstić information content (AvgIpc) is 2.92. The first-order valence-electron chi connectivity index (χ1n) is 13.6. The molecular formula is C30H40N4O6. The number of fused-ring (bicyclic) bond motifs is 2. The van der Waals surface area contributed by atoms with E-state index in [2.05, 4.69) is 16.0 Å². The summed E-state index contributed by atoms with van der Waals surface area (Å²) in [4.78, 5) is 53.6. The summed E-state index contributed by atoms with van der Waals surface area (Å²) in [6.45, 7) is 5.41. The Kier molecular flexibility index (Phi) is 11.1. The molecule has 0 spiro atoms. The third-order valence-electron chi connectivity index (χ3n) is 6.98. The van der Waals surface area contributed by atoms with Crippen molar-refractivity contribution in [3.8, 4) is 5.75 Å². The summed E-state index contributed by atoms with van der Waals surface area (Å²) in [5.74, 6) is -0.909. The molecule has 3 atom stereocenters. The first kappa shape index (κ1) is 30.6. The Hall–Kier alpha value is -3.92. The molecule has 40 heavy (non-hydrogen) atoms. The molecule has 2 aromatic carbocycles. The predicted molar refractivity (Wildman–Crippen MR) is 151 cm³/mol. The molecule has 3 rings (SSSR count). The van der Waals surface area contributed by atoms with Gasteiger partial charge in [0.2, 0.25) is 17.7 Å². The highest BCUT2D eigenvalue weighted by Crippen LogP contribution is 2.19. The molecule has 0 aliphatic carbocycles. The van der Waals surface area contributed by atoms with Gasteiger partial charge < -0.3 is 30.7 Å². The Labute approximate surface area is 235 Å². The molecule has 2 aromatic rings. The van der Waals surface area contributed by atoms with Crippen LogP contribution in [0.15, 0.2) is 42.5 Å². The molecule has 10 nitrogen and oxygen atoms in total. The Balaban J connectivity index is 1.80. The number of hydrogen-bond donors (Lipinski definition) is 4. The second kappa shape index (κ2) is 14.5. The van der Waals surface area contributed by atoms with Gasteiger partial charge in [0.05, 0.1) is 19.8 Å². The maximum absolute atomic E-state index is 13.3. The Morgan fingerprint density at radius 1 is 1.15 bits per heavy atom. The number of rotatable bonds is 5. The highest BCUT2D eigenvalue weighted by Gasteiger charge is 2.28. The Morgan fingerprint density at radius 3 is 2.62 bits per heavy atom. The van der Waals surface area contributed by atoms with E-state index in [0.29, 0.717) is 37.1 Å². The first-order chi connectivity index (χ1) is 19.1. The monoisotopic (exact) mass is 552 g/mol. The first-order valence-corrected chi connectivity index (χ1v) is 13.6. The van der Waals surface area contributed by atoms with Crippen LogP contribution in [-0.2, 0) is 27.2 Å². The van der Waals surface area contributed by atoms with Crippen LogP contribution < -0.4 is 20.7 Å². The van der Waals surface area contributed by atoms with Crippen molar-refractivity contribution in [3.05, 3.63) is 64.7 Å². The van der Waals surface area contributed by atoms with Crippen molar-refractivity contribution >= 4 is 23.6 Å². The van der Waals surface area contributed by atoms with E-state index >= 15 is 0 Å². The molecule has 0 fully saturated rings. The zero-order chi connectivity index (χ0) is 29.2. The molecule has 1 aliphatic heterocycles. The molecule has 10 heteroatoms. The summed E-state index contributed by atoms with van der Waals surface area (Å²) in [5, 5.41) is 18.6. The van der Waals surface area contributed by atoms with Gasteiger partial charge in [0.1, 0.15) is 11.8 Å². The number of nitrogens with zero attached hydrogens (tertiary/aromatic N) is 1. The third kappa shape index (κ3) is 8.54. The number of aryl methyl sites for hydroxylation is 3. The maximum Gasteiger partial charge on any atom is 0.252 e. The number of nitrogens with one attached hydrogen (secondary N) is 3. The van der Waals surface area contributed by atoms with E-state index in [1.807, 2.05) is 37.3 Å². The van der Waals surface area contributed by atoms with Crippen molar-refractivity contribution in [2.75, 3.05) is 26.7 Å². The molecule has 0 saturated carbocycles. The van der Waals surface area contributed by atoms with Gasteiger partial charge in [-0.2, -0.15) is 0 Å². The second-order valence-corrected chi connectivity index (χ2v) is 10.3. The van der Waals surface area contributed by atoms with Gasteiger partial charge in [0.15, 0.2) is 0 Å². The lowest BCUT2D eigenvalue weighted by Crippen LogP contribution is -2.56. The van der Waals surface area contributed by atoms with Crippen molar-refractivity contribution in [3.63, 3.8) is 0 Å². The lowest BCUT2D eigenvalue weighted by molar-refractivity contribution is -0.136. The van der Waals surface area contributed by atoms with Gasteiger partial charge in [-0.15, -0.1) is 0 Å². The maximum atomic E-state index is 13.3. The molecule has 0 saturated heterocycles. The fourth-order valence-electron chi connectivity index (χ4n) is 4.72. The quantitative estimate of drug-likeness (QED) is 0.444. The minimum atomic E-state index is -1.20. The van der Waals surface area contributed by atoms with E-state index in [1.165, 1.54) is 11.8 Å². The van der Waals surface area contributed by atoms with Crippen molar-refractivity contribution in [2.45, 2.75) is 64.6 Å². The van der Waals surface area contributed by atoms with E-state index in [0.717, 1.165) is 16.7 Å². The van der Waals surface area contributed by atoms with Crippen LogP contribution in [0.3, 0.4) is 0 Å². The number of carbonyl (C=O) groups is 4. The Bertz CT molecular complexity index is 1210. The molecule has 0 radical (unpaired) electrons. The molecule has 216 valence electrons. The van der Waals surface area contributed by atoms with Crippen molar-refractivity contribution < 1.29 is 29.0 Å². The summed E-state index contributed by atoms with van der Waals surface area (Å²) in [7, 11) is 1.57. The van der Waals surface area contributed by atoms with Crippen LogP contribution in [0.4, 0.5) is 0 Å². The van der Waals surface area contributed by atoms with Crippen molar-refractivity contribution in [1.82, 2.24) is 20.9 Å². The van der Waals surface area contributed by atoms with Crippen LogP contribution >= 0.6 is 0 Å². The molecule has 1 aliphatic rings. The average molecular weight is 553 g/mol. The molecule has 0 unspecified atom stereocenters. The zero-order valence-electron chi connectivity index (χ0n) is 23.7. The standard InChI is InChI=1S/C30H40N4O6/c1-19-11-12-24-16-23(19)9-7-15-31-26(36)18-34(27(37)14-13-22-8-5-6-10-25(22)40-4)17-20(2)32-30(39)28(21(3)35)33-29(24)38/h5-6,8,10-12,16,20-21,28,35H,7,9,13-15,17-18H2,1-4H3,(H,31,36)(H,32,39)(H,33,38)/t20-,21-,28+/m1/s1. The summed E-state index contributed by atoms with van der Waals surface area (Å²) in [5.41, 5.74) is 3.22. The number of ether oxygens (including phenoxy) is 1.